The predicted molar refractivity (Wildman–Crippen MR) is 28.9 cm³/mol. The van der Waals surface area contributed by atoms with Crippen molar-refractivity contribution in [3.8, 4) is 0 Å². The molecule has 2 aliphatic heterocycles. The largest absolute Gasteiger partial charge is 0.391 e. The lowest BCUT2D eigenvalue weighted by atomic mass is 10.0. The van der Waals surface area contributed by atoms with Gasteiger partial charge in [0, 0.05) is 0 Å². The Morgan fingerprint density at radius 2 is 2.10 bits per heavy atom. The van der Waals surface area contributed by atoms with Gasteiger partial charge in [-0.2, -0.15) is 0 Å². The van der Waals surface area contributed by atoms with Crippen molar-refractivity contribution in [1.82, 2.24) is 0 Å². The zero-order chi connectivity index (χ0) is 7.14. The maximum absolute atomic E-state index is 10.7. The summed E-state index contributed by atoms with van der Waals surface area (Å²) in [5.74, 6) is -1.15. The summed E-state index contributed by atoms with van der Waals surface area (Å²) in [6.07, 6.45) is 0.0419. The van der Waals surface area contributed by atoms with Crippen LogP contribution >= 0.6 is 0 Å². The van der Waals surface area contributed by atoms with Gasteiger partial charge in [0.2, 0.25) is 0 Å². The molecule has 54 valence electrons. The van der Waals surface area contributed by atoms with Crippen molar-refractivity contribution < 1.29 is 19.1 Å². The fraction of sp³-hybridized carbons (Fsp3) is 0.667. The predicted octanol–water partition coefficient (Wildman–Crippen LogP) is -0.525. The van der Waals surface area contributed by atoms with Gasteiger partial charge in [-0.05, 0) is 6.42 Å². The zero-order valence-electron chi connectivity index (χ0n) is 5.20. The second-order valence-corrected chi connectivity index (χ2v) is 2.49. The number of hydrogen-bond donors (Lipinski definition) is 0. The quantitative estimate of drug-likeness (QED) is 0.337. The summed E-state index contributed by atoms with van der Waals surface area (Å²) in [5, 5.41) is 0. The van der Waals surface area contributed by atoms with Gasteiger partial charge in [0.1, 0.15) is 0 Å². The van der Waals surface area contributed by atoms with Crippen molar-refractivity contribution in [2.24, 2.45) is 5.92 Å². The van der Waals surface area contributed by atoms with Gasteiger partial charge in [0.05, 0.1) is 12.5 Å². The topological polar surface area (TPSA) is 52.6 Å². The van der Waals surface area contributed by atoms with Crippen molar-refractivity contribution in [1.29, 1.82) is 0 Å². The van der Waals surface area contributed by atoms with Crippen LogP contribution in [0.3, 0.4) is 0 Å². The van der Waals surface area contributed by atoms with Crippen molar-refractivity contribution in [3.05, 3.63) is 0 Å². The Balaban J connectivity index is 2.24. The first-order valence-corrected chi connectivity index (χ1v) is 3.14. The number of hydrogen-bond acceptors (Lipinski definition) is 4. The van der Waals surface area contributed by atoms with Crippen molar-refractivity contribution >= 4 is 11.9 Å². The molecular weight excluding hydrogens is 136 g/mol. The highest BCUT2D eigenvalue weighted by Gasteiger charge is 2.43. The number of carbonyl (C=O) groups is 2. The first-order valence-electron chi connectivity index (χ1n) is 3.14. The van der Waals surface area contributed by atoms with E-state index in [1.807, 2.05) is 0 Å². The number of rotatable bonds is 0. The van der Waals surface area contributed by atoms with Crippen LogP contribution in [0.2, 0.25) is 0 Å². The van der Waals surface area contributed by atoms with E-state index in [1.165, 1.54) is 0 Å². The molecule has 0 saturated carbocycles. The Morgan fingerprint density at radius 3 is 2.90 bits per heavy atom. The molecule has 0 aromatic heterocycles. The normalized spacial score (nSPS) is 38.0. The van der Waals surface area contributed by atoms with Crippen molar-refractivity contribution in [2.45, 2.75) is 12.5 Å². The van der Waals surface area contributed by atoms with Gasteiger partial charge in [0.15, 0.2) is 6.10 Å². The number of fused-ring (bicyclic) bond motifs is 2. The van der Waals surface area contributed by atoms with Crippen LogP contribution in [-0.4, -0.2) is 24.6 Å². The average molecular weight is 142 g/mol. The van der Waals surface area contributed by atoms with Crippen LogP contribution in [0.15, 0.2) is 0 Å². The molecule has 0 aromatic carbocycles. The van der Waals surface area contributed by atoms with Crippen molar-refractivity contribution in [2.75, 3.05) is 6.61 Å². The van der Waals surface area contributed by atoms with Crippen LogP contribution < -0.4 is 0 Å². The fourth-order valence-corrected chi connectivity index (χ4v) is 1.20. The molecule has 0 aromatic rings. The highest BCUT2D eigenvalue weighted by Crippen LogP contribution is 2.26. The maximum atomic E-state index is 10.7. The summed E-state index contributed by atoms with van der Waals surface area (Å²) in [6.45, 7) is 0.342. The Labute approximate surface area is 57.1 Å². The molecule has 4 nitrogen and oxygen atoms in total. The minimum absolute atomic E-state index is 0.192. The van der Waals surface area contributed by atoms with E-state index >= 15 is 0 Å². The third-order valence-electron chi connectivity index (χ3n) is 1.79. The molecule has 0 radical (unpaired) electrons. The third-order valence-corrected chi connectivity index (χ3v) is 1.79. The van der Waals surface area contributed by atoms with E-state index in [0.717, 1.165) is 0 Å². The summed E-state index contributed by atoms with van der Waals surface area (Å²) < 4.78 is 9.33. The Morgan fingerprint density at radius 1 is 1.30 bits per heavy atom. The molecule has 2 aliphatic rings. The molecule has 2 rings (SSSR count). The molecule has 2 atom stereocenters. The van der Waals surface area contributed by atoms with Crippen LogP contribution in [0.25, 0.3) is 0 Å². The SMILES string of the molecule is O=C1OC(=O)C2CC1CO2. The van der Waals surface area contributed by atoms with Crippen LogP contribution in [0.1, 0.15) is 6.42 Å². The number of carbonyl (C=O) groups excluding carboxylic acids is 2. The van der Waals surface area contributed by atoms with Gasteiger partial charge in [-0.15, -0.1) is 0 Å². The molecule has 2 fully saturated rings. The maximum Gasteiger partial charge on any atom is 0.342 e. The van der Waals surface area contributed by atoms with E-state index in [9.17, 15) is 9.59 Å². The van der Waals surface area contributed by atoms with Gasteiger partial charge >= 0.3 is 11.9 Å². The van der Waals surface area contributed by atoms with Crippen LogP contribution in [-0.2, 0) is 19.1 Å². The van der Waals surface area contributed by atoms with Crippen LogP contribution in [0.4, 0.5) is 0 Å². The molecule has 2 bridgehead atoms. The summed E-state index contributed by atoms with van der Waals surface area (Å²) in [5.41, 5.74) is 0. The van der Waals surface area contributed by atoms with E-state index in [2.05, 4.69) is 4.74 Å². The van der Waals surface area contributed by atoms with E-state index in [0.29, 0.717) is 13.0 Å². The lowest BCUT2D eigenvalue weighted by Gasteiger charge is -2.13. The highest BCUT2D eigenvalue weighted by atomic mass is 16.6. The van der Waals surface area contributed by atoms with Crippen molar-refractivity contribution in [3.63, 3.8) is 0 Å². The molecule has 4 heteroatoms. The van der Waals surface area contributed by atoms with E-state index < -0.39 is 18.0 Å². The van der Waals surface area contributed by atoms with E-state index in [-0.39, 0.29) is 5.92 Å². The smallest absolute Gasteiger partial charge is 0.342 e. The van der Waals surface area contributed by atoms with Crippen LogP contribution in [0, 0.1) is 5.92 Å². The minimum Gasteiger partial charge on any atom is -0.391 e. The summed E-state index contributed by atoms with van der Waals surface area (Å²) in [6, 6.07) is 0. The van der Waals surface area contributed by atoms with E-state index in [4.69, 9.17) is 4.74 Å². The van der Waals surface area contributed by atoms with Gasteiger partial charge in [0.25, 0.3) is 0 Å². The Kier molecular flexibility index (Phi) is 1.05. The monoisotopic (exact) mass is 142 g/mol. The minimum atomic E-state index is -0.529. The molecular formula is C6H6O4. The van der Waals surface area contributed by atoms with Gasteiger partial charge in [-0.25, -0.2) is 4.79 Å². The first kappa shape index (κ1) is 5.85. The first-order chi connectivity index (χ1) is 4.77. The molecule has 2 heterocycles. The number of ether oxygens (including phenoxy) is 2. The summed E-state index contributed by atoms with van der Waals surface area (Å²) in [4.78, 5) is 21.4. The molecule has 0 N–H and O–H groups in total. The molecule has 0 amide bonds. The zero-order valence-corrected chi connectivity index (χ0v) is 5.20. The third kappa shape index (κ3) is 0.654. The molecule has 0 spiro atoms. The fourth-order valence-electron chi connectivity index (χ4n) is 1.20. The van der Waals surface area contributed by atoms with Crippen LogP contribution in [0.5, 0.6) is 0 Å². The summed E-state index contributed by atoms with van der Waals surface area (Å²) in [7, 11) is 0. The molecule has 10 heavy (non-hydrogen) atoms. The summed E-state index contributed by atoms with van der Waals surface area (Å²) >= 11 is 0. The van der Waals surface area contributed by atoms with Gasteiger partial charge in [-0.1, -0.05) is 0 Å². The molecule has 2 unspecified atom stereocenters. The standard InChI is InChI=1S/C6H6O4/c7-5-3-1-4(9-2-3)6(8)10-5/h3-4H,1-2H2. The lowest BCUT2D eigenvalue weighted by molar-refractivity contribution is -0.168. The second kappa shape index (κ2) is 1.79. The highest BCUT2D eigenvalue weighted by molar-refractivity contribution is 5.92. The molecule has 0 aliphatic carbocycles. The number of cyclic esters (lactones) is 2. The lowest BCUT2D eigenvalue weighted by Crippen LogP contribution is -2.32. The van der Waals surface area contributed by atoms with Gasteiger partial charge < -0.3 is 9.47 Å². The second-order valence-electron chi connectivity index (χ2n) is 2.49. The molecule has 2 saturated heterocycles. The Hall–Kier alpha value is -0.900. The average Bonchev–Trinajstić information content (AvgIpc) is 2.28. The van der Waals surface area contributed by atoms with E-state index in [1.54, 1.807) is 0 Å². The van der Waals surface area contributed by atoms with Gasteiger partial charge in [-0.3, -0.25) is 4.79 Å². The number of esters is 2. The Bertz CT molecular complexity index is 178.